The molecule has 0 radical (unpaired) electrons. The number of nitrogens with zero attached hydrogens (tertiary/aromatic N) is 4. The van der Waals surface area contributed by atoms with Gasteiger partial charge in [0, 0.05) is 12.1 Å². The summed E-state index contributed by atoms with van der Waals surface area (Å²) in [6, 6.07) is 14.1. The van der Waals surface area contributed by atoms with Gasteiger partial charge < -0.3 is 14.3 Å². The van der Waals surface area contributed by atoms with Crippen LogP contribution in [0.5, 0.6) is 11.5 Å². The van der Waals surface area contributed by atoms with Gasteiger partial charge in [0.1, 0.15) is 5.76 Å². The summed E-state index contributed by atoms with van der Waals surface area (Å²) in [4.78, 5) is 25.3. The highest BCUT2D eigenvalue weighted by Crippen LogP contribution is 2.34. The molecule has 2 heterocycles. The summed E-state index contributed by atoms with van der Waals surface area (Å²) in [5, 5.41) is 29.2. The number of thioether (sulfide) groups is 1. The Morgan fingerprint density at radius 2 is 1.97 bits per heavy atom. The van der Waals surface area contributed by atoms with Gasteiger partial charge in [-0.2, -0.15) is 5.10 Å². The van der Waals surface area contributed by atoms with Gasteiger partial charge in [-0.3, -0.25) is 19.8 Å². The van der Waals surface area contributed by atoms with E-state index in [1.165, 1.54) is 42.7 Å². The minimum atomic E-state index is -0.482. The van der Waals surface area contributed by atoms with Crippen LogP contribution in [-0.2, 0) is 11.3 Å². The molecule has 1 aliphatic rings. The van der Waals surface area contributed by atoms with Gasteiger partial charge in [-0.15, -0.1) is 5.10 Å². The van der Waals surface area contributed by atoms with Crippen molar-refractivity contribution in [3.05, 3.63) is 92.8 Å². The van der Waals surface area contributed by atoms with Crippen LogP contribution in [-0.4, -0.2) is 39.3 Å². The molecule has 1 aromatic heterocycles. The number of carbonyl (C=O) groups excluding carboxylic acids is 1. The molecule has 172 valence electrons. The highest BCUT2D eigenvalue weighted by atomic mass is 32.2. The van der Waals surface area contributed by atoms with Gasteiger partial charge in [0.05, 0.1) is 36.0 Å². The lowest BCUT2D eigenvalue weighted by atomic mass is 10.2. The minimum Gasteiger partial charge on any atom is -0.504 e. The molecule has 1 N–H and O–H groups in total. The second-order valence-corrected chi connectivity index (χ2v) is 8.00. The average Bonchev–Trinajstić information content (AvgIpc) is 3.45. The van der Waals surface area contributed by atoms with E-state index < -0.39 is 4.92 Å². The first-order valence-corrected chi connectivity index (χ1v) is 10.7. The van der Waals surface area contributed by atoms with E-state index in [2.05, 4.69) is 10.2 Å². The summed E-state index contributed by atoms with van der Waals surface area (Å²) < 4.78 is 10.5. The number of amides is 1. The Kier molecular flexibility index (Phi) is 6.74. The maximum Gasteiger partial charge on any atom is 0.269 e. The van der Waals surface area contributed by atoms with Crippen molar-refractivity contribution in [3.63, 3.8) is 0 Å². The van der Waals surface area contributed by atoms with Crippen molar-refractivity contribution in [2.45, 2.75) is 6.54 Å². The highest BCUT2D eigenvalue weighted by Gasteiger charge is 2.34. The van der Waals surface area contributed by atoms with Crippen LogP contribution in [0.3, 0.4) is 0 Å². The largest absolute Gasteiger partial charge is 0.504 e. The van der Waals surface area contributed by atoms with Gasteiger partial charge >= 0.3 is 0 Å². The third kappa shape index (κ3) is 5.15. The Labute approximate surface area is 198 Å². The second-order valence-electron chi connectivity index (χ2n) is 6.99. The van der Waals surface area contributed by atoms with Crippen LogP contribution in [0.1, 0.15) is 16.9 Å². The Morgan fingerprint density at radius 1 is 1.21 bits per heavy atom. The van der Waals surface area contributed by atoms with E-state index in [-0.39, 0.29) is 23.9 Å². The first-order chi connectivity index (χ1) is 16.4. The first-order valence-electron chi connectivity index (χ1n) is 9.91. The van der Waals surface area contributed by atoms with E-state index in [0.717, 1.165) is 11.8 Å². The quantitative estimate of drug-likeness (QED) is 0.230. The normalized spacial score (nSPS) is 16.1. The van der Waals surface area contributed by atoms with Crippen LogP contribution in [0.2, 0.25) is 0 Å². The van der Waals surface area contributed by atoms with Crippen LogP contribution in [0, 0.1) is 10.1 Å². The molecule has 0 bridgehead atoms. The summed E-state index contributed by atoms with van der Waals surface area (Å²) in [6.45, 7) is 0.165. The summed E-state index contributed by atoms with van der Waals surface area (Å²) in [6.07, 6.45) is 4.63. The molecule has 0 atom stereocenters. The molecule has 4 rings (SSSR count). The standard InChI is InChI=1S/C23H18N4O6S/c1-32-20-11-16(6-9-19(20)28)13-24-25-23-26(14-18-3-2-10-33-18)22(29)21(34-23)12-15-4-7-17(8-5-15)27(30)31/h2-13,28H,14H2,1H3/b21-12-,24-13-,25-23+. The first kappa shape index (κ1) is 22.8. The Morgan fingerprint density at radius 3 is 2.65 bits per heavy atom. The predicted molar refractivity (Wildman–Crippen MR) is 128 cm³/mol. The van der Waals surface area contributed by atoms with Gasteiger partial charge in [-0.1, -0.05) is 0 Å². The minimum absolute atomic E-state index is 0.00792. The summed E-state index contributed by atoms with van der Waals surface area (Å²) in [7, 11) is 1.45. The van der Waals surface area contributed by atoms with E-state index in [1.54, 1.807) is 42.5 Å². The Balaban J connectivity index is 1.61. The number of benzene rings is 2. The number of nitro benzene ring substituents is 1. The molecule has 11 heteroatoms. The molecule has 1 amide bonds. The predicted octanol–water partition coefficient (Wildman–Crippen LogP) is 4.41. The zero-order valence-electron chi connectivity index (χ0n) is 17.8. The van der Waals surface area contributed by atoms with Crippen LogP contribution in [0.25, 0.3) is 6.08 Å². The number of ether oxygens (including phenoxy) is 1. The molecule has 2 aromatic carbocycles. The van der Waals surface area contributed by atoms with Gasteiger partial charge in [-0.05, 0) is 71.4 Å². The second kappa shape index (κ2) is 10.0. The van der Waals surface area contributed by atoms with Crippen molar-refractivity contribution in [1.82, 2.24) is 4.90 Å². The van der Waals surface area contributed by atoms with E-state index in [0.29, 0.717) is 32.7 Å². The smallest absolute Gasteiger partial charge is 0.269 e. The lowest BCUT2D eigenvalue weighted by molar-refractivity contribution is -0.384. The van der Waals surface area contributed by atoms with Crippen LogP contribution >= 0.6 is 11.8 Å². The van der Waals surface area contributed by atoms with Crippen molar-refractivity contribution in [1.29, 1.82) is 0 Å². The van der Waals surface area contributed by atoms with Gasteiger partial charge in [0.2, 0.25) is 0 Å². The number of aromatic hydroxyl groups is 1. The van der Waals surface area contributed by atoms with Crippen LogP contribution < -0.4 is 4.74 Å². The molecule has 0 unspecified atom stereocenters. The zero-order chi connectivity index (χ0) is 24.1. The molecule has 10 nitrogen and oxygen atoms in total. The fourth-order valence-corrected chi connectivity index (χ4v) is 3.98. The topological polar surface area (TPSA) is 131 Å². The molecule has 0 spiro atoms. The Hall–Kier alpha value is -4.38. The summed E-state index contributed by atoms with van der Waals surface area (Å²) in [5.41, 5.74) is 1.25. The fraction of sp³-hybridized carbons (Fsp3) is 0.0870. The van der Waals surface area contributed by atoms with Crippen molar-refractivity contribution in [3.8, 4) is 11.5 Å². The number of amidine groups is 1. The average molecular weight is 478 g/mol. The number of phenolic OH excluding ortho intramolecular Hbond substituents is 1. The van der Waals surface area contributed by atoms with E-state index >= 15 is 0 Å². The van der Waals surface area contributed by atoms with E-state index in [4.69, 9.17) is 9.15 Å². The van der Waals surface area contributed by atoms with Crippen molar-refractivity contribution in [2.75, 3.05) is 7.11 Å². The monoisotopic (exact) mass is 478 g/mol. The maximum atomic E-state index is 13.1. The number of phenols is 1. The molecule has 0 saturated carbocycles. The third-order valence-electron chi connectivity index (χ3n) is 4.74. The SMILES string of the molecule is COc1cc(/C=N\N=C2\S/C(=C\c3ccc([N+](=O)[O-])cc3)C(=O)N2Cc2ccco2)ccc1O. The van der Waals surface area contributed by atoms with E-state index in [1.807, 2.05) is 0 Å². The lowest BCUT2D eigenvalue weighted by Crippen LogP contribution is -2.28. The van der Waals surface area contributed by atoms with Gasteiger partial charge in [0.25, 0.3) is 11.6 Å². The van der Waals surface area contributed by atoms with Crippen molar-refractivity contribution < 1.29 is 24.0 Å². The highest BCUT2D eigenvalue weighted by molar-refractivity contribution is 8.18. The number of carbonyl (C=O) groups is 1. The number of nitro groups is 1. The summed E-state index contributed by atoms with van der Waals surface area (Å²) in [5.74, 6) is 0.592. The third-order valence-corrected chi connectivity index (χ3v) is 5.73. The van der Waals surface area contributed by atoms with Gasteiger partial charge in [0.15, 0.2) is 16.7 Å². The Bertz CT molecular complexity index is 1300. The van der Waals surface area contributed by atoms with Crippen molar-refractivity contribution >= 4 is 40.8 Å². The molecule has 1 aliphatic heterocycles. The molecule has 3 aromatic rings. The van der Waals surface area contributed by atoms with Crippen molar-refractivity contribution in [2.24, 2.45) is 10.2 Å². The molecular formula is C23H18N4O6S. The number of methoxy groups -OCH3 is 1. The number of rotatable bonds is 7. The number of hydrogen-bond acceptors (Lipinski definition) is 9. The molecule has 0 aliphatic carbocycles. The fourth-order valence-electron chi connectivity index (χ4n) is 3.04. The summed E-state index contributed by atoms with van der Waals surface area (Å²) >= 11 is 1.13. The van der Waals surface area contributed by atoms with Gasteiger partial charge in [-0.25, -0.2) is 0 Å². The number of non-ortho nitro benzene ring substituents is 1. The molecule has 1 fully saturated rings. The molecular weight excluding hydrogens is 460 g/mol. The zero-order valence-corrected chi connectivity index (χ0v) is 18.6. The lowest BCUT2D eigenvalue weighted by Gasteiger charge is -2.12. The molecule has 1 saturated heterocycles. The van der Waals surface area contributed by atoms with E-state index in [9.17, 15) is 20.0 Å². The number of hydrogen-bond donors (Lipinski definition) is 1. The molecule has 34 heavy (non-hydrogen) atoms. The maximum absolute atomic E-state index is 13.1. The van der Waals surface area contributed by atoms with Crippen LogP contribution in [0.15, 0.2) is 80.4 Å². The van der Waals surface area contributed by atoms with Crippen LogP contribution in [0.4, 0.5) is 5.69 Å². The number of furan rings is 1.